The van der Waals surface area contributed by atoms with Gasteiger partial charge in [0.05, 0.1) is 17.3 Å². The van der Waals surface area contributed by atoms with Crippen molar-refractivity contribution in [3.05, 3.63) is 45.7 Å². The van der Waals surface area contributed by atoms with Gasteiger partial charge in [0.1, 0.15) is 22.8 Å². The molecule has 6 N–H and O–H groups in total. The Morgan fingerprint density at radius 3 is 2.51 bits per heavy atom. The molecule has 35 heavy (non-hydrogen) atoms. The second kappa shape index (κ2) is 7.87. The standard InChI is InChI=1S/C24H28N4O7/c1-27(2)17-12-7-10-6-11-8-26-13(9-28-4-3-5-28)18(29)14(11)19(30)15(10)21(32)24(12,35)22(33)16(20(17)31)23(25)34/h8,10,12,17,29,31-32,35H,3-7,9H2,1-2H3,(H2,25,34)/t10-,12-,17-,24-/m0/s1. The van der Waals surface area contributed by atoms with Gasteiger partial charge in [0.25, 0.3) is 5.91 Å². The maximum atomic E-state index is 13.6. The fourth-order valence-electron chi connectivity index (χ4n) is 6.02. The lowest BCUT2D eigenvalue weighted by Crippen LogP contribution is -2.63. The monoisotopic (exact) mass is 484 g/mol. The molecule has 4 atom stereocenters. The molecule has 1 aromatic heterocycles. The molecule has 1 amide bonds. The molecule has 1 saturated heterocycles. The van der Waals surface area contributed by atoms with Gasteiger partial charge in [0, 0.05) is 24.2 Å². The maximum Gasteiger partial charge on any atom is 0.255 e. The number of aromatic hydroxyl groups is 1. The molecule has 1 aromatic rings. The molecule has 11 heteroatoms. The number of carbonyl (C=O) groups is 3. The van der Waals surface area contributed by atoms with E-state index in [-0.39, 0.29) is 29.7 Å². The topological polar surface area (TPSA) is 178 Å². The molecule has 0 radical (unpaired) electrons. The number of hydrogen-bond acceptors (Lipinski definition) is 10. The van der Waals surface area contributed by atoms with Crippen molar-refractivity contribution in [2.24, 2.45) is 17.6 Å². The molecular formula is C24H28N4O7. The molecule has 0 aromatic carbocycles. The molecule has 0 unspecified atom stereocenters. The minimum Gasteiger partial charge on any atom is -0.510 e. The number of amides is 1. The number of likely N-dealkylation sites (N-methyl/N-ethyl adjacent to an activating group) is 1. The van der Waals surface area contributed by atoms with E-state index in [1.54, 1.807) is 20.3 Å². The van der Waals surface area contributed by atoms with Gasteiger partial charge in [-0.3, -0.25) is 29.2 Å². The first-order chi connectivity index (χ1) is 16.5. The van der Waals surface area contributed by atoms with Gasteiger partial charge in [0.15, 0.2) is 11.4 Å². The van der Waals surface area contributed by atoms with E-state index >= 15 is 0 Å². The number of primary amides is 1. The Morgan fingerprint density at radius 2 is 1.94 bits per heavy atom. The quantitative estimate of drug-likeness (QED) is 0.357. The van der Waals surface area contributed by atoms with Crippen molar-refractivity contribution in [2.45, 2.75) is 37.5 Å². The van der Waals surface area contributed by atoms with Crippen LogP contribution in [0.25, 0.3) is 0 Å². The number of rotatable bonds is 4. The van der Waals surface area contributed by atoms with Crippen molar-refractivity contribution in [2.75, 3.05) is 27.2 Å². The third-order valence-electron chi connectivity index (χ3n) is 7.86. The van der Waals surface area contributed by atoms with Gasteiger partial charge in [-0.05, 0) is 57.9 Å². The summed E-state index contributed by atoms with van der Waals surface area (Å²) in [6, 6.07) is -1.01. The fourth-order valence-corrected chi connectivity index (χ4v) is 6.02. The minimum atomic E-state index is -2.63. The molecule has 1 fully saturated rings. The smallest absolute Gasteiger partial charge is 0.255 e. The second-order valence-electron chi connectivity index (χ2n) is 10.0. The summed E-state index contributed by atoms with van der Waals surface area (Å²) in [5.74, 6) is -6.54. The average molecular weight is 485 g/mol. The van der Waals surface area contributed by atoms with E-state index in [4.69, 9.17) is 5.73 Å². The predicted octanol–water partition coefficient (Wildman–Crippen LogP) is -0.279. The number of nitrogens with two attached hydrogens (primary N) is 1. The Bertz CT molecular complexity index is 1230. The summed E-state index contributed by atoms with van der Waals surface area (Å²) >= 11 is 0. The lowest BCUT2D eigenvalue weighted by Gasteiger charge is -2.50. The predicted molar refractivity (Wildman–Crippen MR) is 121 cm³/mol. The number of allylic oxidation sites excluding steroid dienone is 1. The highest BCUT2D eigenvalue weighted by atomic mass is 16.3. The van der Waals surface area contributed by atoms with E-state index in [9.17, 15) is 34.8 Å². The van der Waals surface area contributed by atoms with Gasteiger partial charge in [-0.25, -0.2) is 0 Å². The number of ketones is 2. The first kappa shape index (κ1) is 23.5. The highest BCUT2D eigenvalue weighted by molar-refractivity contribution is 6.24. The summed E-state index contributed by atoms with van der Waals surface area (Å²) in [6.07, 6.45) is 2.89. The summed E-state index contributed by atoms with van der Waals surface area (Å²) in [5, 5.41) is 44.5. The first-order valence-corrected chi connectivity index (χ1v) is 11.5. The third-order valence-corrected chi connectivity index (χ3v) is 7.86. The highest BCUT2D eigenvalue weighted by Crippen LogP contribution is 2.52. The van der Waals surface area contributed by atoms with E-state index in [0.29, 0.717) is 17.8 Å². The number of aliphatic hydroxyl groups is 3. The molecule has 11 nitrogen and oxygen atoms in total. The summed E-state index contributed by atoms with van der Waals surface area (Å²) in [5.41, 5.74) is 2.57. The number of Topliss-reactive ketones (excluding diaryl/α,β-unsaturated/α-hetero) is 2. The van der Waals surface area contributed by atoms with Crippen molar-refractivity contribution in [3.8, 4) is 5.75 Å². The number of nitrogens with zero attached hydrogens (tertiary/aromatic N) is 3. The number of carbonyl (C=O) groups excluding carboxylic acids is 3. The Kier molecular flexibility index (Phi) is 5.28. The fraction of sp³-hybridized carbons (Fsp3) is 0.500. The maximum absolute atomic E-state index is 13.6. The van der Waals surface area contributed by atoms with Crippen molar-refractivity contribution in [1.29, 1.82) is 0 Å². The van der Waals surface area contributed by atoms with Crippen LogP contribution >= 0.6 is 0 Å². The average Bonchev–Trinajstić information content (AvgIpc) is 2.74. The molecule has 4 aliphatic rings. The van der Waals surface area contributed by atoms with Gasteiger partial charge >= 0.3 is 0 Å². The molecule has 0 saturated carbocycles. The zero-order valence-electron chi connectivity index (χ0n) is 19.5. The summed E-state index contributed by atoms with van der Waals surface area (Å²) < 4.78 is 0. The SMILES string of the molecule is CN(C)[C@@H]1C(O)=C(C(N)=O)C(=O)[C@@]2(O)C(O)=C3C(=O)c4c(cnc(CN5CCC5)c4O)C[C@H]3C[C@@H]12. The second-order valence-corrected chi connectivity index (χ2v) is 10.0. The molecule has 3 aliphatic carbocycles. The van der Waals surface area contributed by atoms with Crippen LogP contribution in [0.15, 0.2) is 28.9 Å². The van der Waals surface area contributed by atoms with E-state index in [1.165, 1.54) is 4.90 Å². The third kappa shape index (κ3) is 3.15. The lowest BCUT2D eigenvalue weighted by molar-refractivity contribution is -0.148. The number of likely N-dealkylation sites (tertiary alicyclic amines) is 1. The van der Waals surface area contributed by atoms with Crippen molar-refractivity contribution >= 4 is 17.5 Å². The normalized spacial score (nSPS) is 30.7. The van der Waals surface area contributed by atoms with E-state index < -0.39 is 58.0 Å². The van der Waals surface area contributed by atoms with Crippen LogP contribution in [0.5, 0.6) is 5.75 Å². The molecule has 0 spiro atoms. The Hall–Kier alpha value is -3.28. The van der Waals surface area contributed by atoms with Gasteiger partial charge < -0.3 is 26.2 Å². The number of aliphatic hydroxyl groups excluding tert-OH is 2. The Balaban J connectivity index is 1.64. The molecule has 2 heterocycles. The molecule has 0 bridgehead atoms. The number of fused-ring (bicyclic) bond motifs is 3. The van der Waals surface area contributed by atoms with Gasteiger partial charge in [-0.1, -0.05) is 0 Å². The van der Waals surface area contributed by atoms with Gasteiger partial charge in [-0.15, -0.1) is 0 Å². The summed E-state index contributed by atoms with van der Waals surface area (Å²) in [7, 11) is 3.18. The van der Waals surface area contributed by atoms with E-state index in [1.807, 2.05) is 0 Å². The van der Waals surface area contributed by atoms with E-state index in [2.05, 4.69) is 9.88 Å². The van der Waals surface area contributed by atoms with Crippen LogP contribution in [-0.4, -0.2) is 91.5 Å². The van der Waals surface area contributed by atoms with Crippen LogP contribution in [0, 0.1) is 11.8 Å². The number of pyridine rings is 1. The zero-order chi connectivity index (χ0) is 25.4. The van der Waals surface area contributed by atoms with Crippen LogP contribution in [0.4, 0.5) is 0 Å². The van der Waals surface area contributed by atoms with Crippen LogP contribution in [0.2, 0.25) is 0 Å². The molecule has 5 rings (SSSR count). The van der Waals surface area contributed by atoms with Crippen LogP contribution in [0.3, 0.4) is 0 Å². The number of aromatic nitrogens is 1. The van der Waals surface area contributed by atoms with Crippen LogP contribution < -0.4 is 5.73 Å². The van der Waals surface area contributed by atoms with Gasteiger partial charge in [-0.2, -0.15) is 0 Å². The van der Waals surface area contributed by atoms with Gasteiger partial charge in [0.2, 0.25) is 5.78 Å². The Labute approximate surface area is 201 Å². The van der Waals surface area contributed by atoms with Crippen molar-refractivity contribution in [1.82, 2.24) is 14.8 Å². The molecular weight excluding hydrogens is 456 g/mol. The molecule has 186 valence electrons. The van der Waals surface area contributed by atoms with Crippen LogP contribution in [-0.2, 0) is 22.6 Å². The zero-order valence-corrected chi connectivity index (χ0v) is 19.5. The minimum absolute atomic E-state index is 0.00342. The first-order valence-electron chi connectivity index (χ1n) is 11.5. The molecule has 1 aliphatic heterocycles. The Morgan fingerprint density at radius 1 is 1.26 bits per heavy atom. The highest BCUT2D eigenvalue weighted by Gasteiger charge is 2.63. The summed E-state index contributed by atoms with van der Waals surface area (Å²) in [4.78, 5) is 46.9. The largest absolute Gasteiger partial charge is 0.510 e. The van der Waals surface area contributed by atoms with E-state index in [0.717, 1.165) is 19.5 Å². The van der Waals surface area contributed by atoms with Crippen molar-refractivity contribution in [3.63, 3.8) is 0 Å². The van der Waals surface area contributed by atoms with Crippen molar-refractivity contribution < 1.29 is 34.8 Å². The number of hydrogen-bond donors (Lipinski definition) is 5. The summed E-state index contributed by atoms with van der Waals surface area (Å²) in [6.45, 7) is 2.11. The van der Waals surface area contributed by atoms with Crippen LogP contribution in [0.1, 0.15) is 34.5 Å². The lowest BCUT2D eigenvalue weighted by atomic mass is 9.58.